The first-order valence-corrected chi connectivity index (χ1v) is 10.1. The third-order valence-electron chi connectivity index (χ3n) is 5.20. The van der Waals surface area contributed by atoms with Gasteiger partial charge in [-0.3, -0.25) is 4.98 Å². The van der Waals surface area contributed by atoms with Gasteiger partial charge in [0.05, 0.1) is 22.6 Å². The molecule has 0 fully saturated rings. The van der Waals surface area contributed by atoms with Crippen LogP contribution >= 0.6 is 0 Å². The molecule has 5 aromatic rings. The van der Waals surface area contributed by atoms with E-state index in [0.29, 0.717) is 11.7 Å². The number of para-hydroxylation sites is 3. The Balaban J connectivity index is 1.61. The van der Waals surface area contributed by atoms with Gasteiger partial charge in [-0.2, -0.15) is 0 Å². The maximum Gasteiger partial charge on any atom is 0.162 e. The third-order valence-corrected chi connectivity index (χ3v) is 5.20. The van der Waals surface area contributed by atoms with Gasteiger partial charge < -0.3 is 10.3 Å². The van der Waals surface area contributed by atoms with Crippen LogP contribution in [-0.4, -0.2) is 24.9 Å². The van der Waals surface area contributed by atoms with Crippen molar-refractivity contribution < 1.29 is 0 Å². The molecule has 0 unspecified atom stereocenters. The predicted octanol–water partition coefficient (Wildman–Crippen LogP) is 5.38. The minimum Gasteiger partial charge on any atom is -0.359 e. The van der Waals surface area contributed by atoms with Crippen LogP contribution in [0.3, 0.4) is 0 Å². The Morgan fingerprint density at radius 1 is 0.800 bits per heavy atom. The van der Waals surface area contributed by atoms with Gasteiger partial charge in [0.15, 0.2) is 5.82 Å². The van der Waals surface area contributed by atoms with Crippen LogP contribution < -0.4 is 5.32 Å². The molecule has 3 aromatic heterocycles. The van der Waals surface area contributed by atoms with Gasteiger partial charge >= 0.3 is 0 Å². The molecule has 0 aliphatic rings. The second kappa shape index (κ2) is 7.55. The van der Waals surface area contributed by atoms with Gasteiger partial charge in [-0.15, -0.1) is 0 Å². The van der Waals surface area contributed by atoms with Crippen LogP contribution in [0.4, 0.5) is 5.82 Å². The Bertz CT molecular complexity index is 1280. The molecule has 0 saturated carbocycles. The molecule has 0 radical (unpaired) electrons. The smallest absolute Gasteiger partial charge is 0.162 e. The van der Waals surface area contributed by atoms with Crippen LogP contribution in [0.2, 0.25) is 0 Å². The number of aromatic nitrogens is 5. The number of H-pyrrole nitrogens is 1. The molecule has 2 aromatic carbocycles. The van der Waals surface area contributed by atoms with Crippen molar-refractivity contribution in [2.24, 2.45) is 5.92 Å². The summed E-state index contributed by atoms with van der Waals surface area (Å²) in [6.45, 7) is 4.36. The van der Waals surface area contributed by atoms with Gasteiger partial charge in [0, 0.05) is 23.3 Å². The molecule has 30 heavy (non-hydrogen) atoms. The lowest BCUT2D eigenvalue weighted by molar-refractivity contribution is 0.526. The van der Waals surface area contributed by atoms with Crippen LogP contribution in [0, 0.1) is 5.92 Å². The van der Waals surface area contributed by atoms with E-state index in [0.717, 1.165) is 39.1 Å². The Morgan fingerprint density at radius 3 is 2.30 bits per heavy atom. The Morgan fingerprint density at radius 2 is 1.53 bits per heavy atom. The van der Waals surface area contributed by atoms with Crippen molar-refractivity contribution in [1.82, 2.24) is 24.9 Å². The molecule has 5 rings (SSSR count). The van der Waals surface area contributed by atoms with Crippen LogP contribution in [0.1, 0.15) is 25.7 Å². The molecule has 0 bridgehead atoms. The zero-order valence-corrected chi connectivity index (χ0v) is 16.9. The van der Waals surface area contributed by atoms with E-state index in [1.165, 1.54) is 0 Å². The average molecular weight is 394 g/mol. The fraction of sp³-hybridized carbons (Fsp3) is 0.167. The monoisotopic (exact) mass is 394 g/mol. The van der Waals surface area contributed by atoms with Crippen molar-refractivity contribution in [2.45, 2.75) is 19.9 Å². The molecule has 0 aliphatic heterocycles. The molecular weight excluding hydrogens is 372 g/mol. The zero-order valence-electron chi connectivity index (χ0n) is 16.9. The molecule has 0 amide bonds. The summed E-state index contributed by atoms with van der Waals surface area (Å²) in [5.41, 5.74) is 3.83. The van der Waals surface area contributed by atoms with Gasteiger partial charge in [-0.1, -0.05) is 38.1 Å². The molecule has 0 aliphatic carbocycles. The van der Waals surface area contributed by atoms with Gasteiger partial charge in [-0.25, -0.2) is 15.0 Å². The second-order valence-corrected chi connectivity index (χ2v) is 7.65. The first-order valence-electron chi connectivity index (χ1n) is 10.1. The summed E-state index contributed by atoms with van der Waals surface area (Å²) < 4.78 is 0. The van der Waals surface area contributed by atoms with E-state index in [1.807, 2.05) is 60.7 Å². The maximum absolute atomic E-state index is 4.88. The number of hydrogen-bond acceptors (Lipinski definition) is 5. The maximum atomic E-state index is 4.88. The zero-order chi connectivity index (χ0) is 20.5. The van der Waals surface area contributed by atoms with Crippen molar-refractivity contribution in [3.05, 3.63) is 78.9 Å². The van der Waals surface area contributed by atoms with E-state index in [9.17, 15) is 0 Å². The number of fused-ring (bicyclic) bond motifs is 2. The summed E-state index contributed by atoms with van der Waals surface area (Å²) in [4.78, 5) is 22.0. The number of rotatable bonds is 5. The molecule has 6 nitrogen and oxygen atoms in total. The van der Waals surface area contributed by atoms with Gasteiger partial charge in [0.2, 0.25) is 0 Å². The highest BCUT2D eigenvalue weighted by Gasteiger charge is 2.22. The molecule has 0 saturated heterocycles. The predicted molar refractivity (Wildman–Crippen MR) is 120 cm³/mol. The normalized spacial score (nSPS) is 12.5. The van der Waals surface area contributed by atoms with Crippen LogP contribution in [0.15, 0.2) is 73.1 Å². The average Bonchev–Trinajstić information content (AvgIpc) is 3.21. The minimum atomic E-state index is -0.0269. The van der Waals surface area contributed by atoms with E-state index >= 15 is 0 Å². The molecule has 148 valence electrons. The summed E-state index contributed by atoms with van der Waals surface area (Å²) in [5.74, 6) is 2.67. The number of pyridine rings is 1. The van der Waals surface area contributed by atoms with E-state index in [4.69, 9.17) is 15.0 Å². The summed E-state index contributed by atoms with van der Waals surface area (Å²) in [6.07, 6.45) is 3.51. The molecule has 6 heteroatoms. The molecule has 2 N–H and O–H groups in total. The van der Waals surface area contributed by atoms with Crippen molar-refractivity contribution in [1.29, 1.82) is 0 Å². The fourth-order valence-corrected chi connectivity index (χ4v) is 3.63. The summed E-state index contributed by atoms with van der Waals surface area (Å²) >= 11 is 0. The lowest BCUT2D eigenvalue weighted by Gasteiger charge is -2.22. The van der Waals surface area contributed by atoms with Crippen molar-refractivity contribution in [2.75, 3.05) is 5.32 Å². The summed E-state index contributed by atoms with van der Waals surface area (Å²) in [7, 11) is 0. The number of anilines is 1. The number of nitrogens with zero attached hydrogens (tertiary/aromatic N) is 4. The molecule has 3 heterocycles. The van der Waals surface area contributed by atoms with E-state index < -0.39 is 0 Å². The van der Waals surface area contributed by atoms with Crippen LogP contribution in [-0.2, 0) is 0 Å². The molecule has 0 spiro atoms. The Hall–Kier alpha value is -3.80. The first-order chi connectivity index (χ1) is 14.7. The van der Waals surface area contributed by atoms with Crippen LogP contribution in [0.25, 0.3) is 33.3 Å². The molecular formula is C24H22N6. The van der Waals surface area contributed by atoms with E-state index in [-0.39, 0.29) is 6.04 Å². The lowest BCUT2D eigenvalue weighted by Crippen LogP contribution is -2.19. The summed E-state index contributed by atoms with van der Waals surface area (Å²) in [6, 6.07) is 20.0. The van der Waals surface area contributed by atoms with Crippen molar-refractivity contribution >= 4 is 27.8 Å². The highest BCUT2D eigenvalue weighted by Crippen LogP contribution is 2.30. The summed E-state index contributed by atoms with van der Waals surface area (Å²) in [5, 5.41) is 4.63. The van der Waals surface area contributed by atoms with E-state index in [2.05, 4.69) is 29.1 Å². The number of hydrogen-bond donors (Lipinski definition) is 2. The number of imidazole rings is 1. The quantitative estimate of drug-likeness (QED) is 0.418. The topological polar surface area (TPSA) is 79.4 Å². The molecule has 1 atom stereocenters. The highest BCUT2D eigenvalue weighted by molar-refractivity contribution is 5.90. The number of aromatic amines is 1. The second-order valence-electron chi connectivity index (χ2n) is 7.65. The van der Waals surface area contributed by atoms with Gasteiger partial charge in [0.25, 0.3) is 0 Å². The van der Waals surface area contributed by atoms with Crippen LogP contribution in [0.5, 0.6) is 0 Å². The fourth-order valence-electron chi connectivity index (χ4n) is 3.63. The van der Waals surface area contributed by atoms with Crippen molar-refractivity contribution in [3.63, 3.8) is 0 Å². The highest BCUT2D eigenvalue weighted by atomic mass is 15.1. The minimum absolute atomic E-state index is 0.0269. The van der Waals surface area contributed by atoms with Gasteiger partial charge in [-0.05, 0) is 42.3 Å². The number of benzene rings is 2. The third kappa shape index (κ3) is 3.37. The van der Waals surface area contributed by atoms with Crippen molar-refractivity contribution in [3.8, 4) is 11.4 Å². The lowest BCUT2D eigenvalue weighted by atomic mass is 10.0. The number of nitrogens with one attached hydrogen (secondary N) is 2. The first kappa shape index (κ1) is 18.2. The Kier molecular flexibility index (Phi) is 4.59. The Labute approximate surface area is 174 Å². The largest absolute Gasteiger partial charge is 0.359 e. The van der Waals surface area contributed by atoms with E-state index in [1.54, 1.807) is 12.4 Å². The van der Waals surface area contributed by atoms with Gasteiger partial charge in [0.1, 0.15) is 11.6 Å². The SMILES string of the molecule is CC(C)[C@H](Nc1nc(-c2ccncc2)nc2ccccc12)c1nc2ccccc2[nH]1. The standard InChI is InChI=1S/C24H22N6/c1-15(2)21(24-27-19-9-5-6-10-20(19)28-24)29-23-17-7-3-4-8-18(17)26-22(30-23)16-11-13-25-14-12-16/h3-15,21H,1-2H3,(H,27,28)(H,26,29,30)/t21-/m0/s1.